The van der Waals surface area contributed by atoms with Crippen LogP contribution in [0.2, 0.25) is 0 Å². The SMILES string of the molecule is COc1cc(C(=O)N(CC(C)C)C[C@@H]2CN(C[C@@H](O)COCC(C)C)CCO2)cc(OC)c1OC. The maximum Gasteiger partial charge on any atom is 0.254 e. The molecular weight excluding hydrogens is 452 g/mol. The number of β-amino-alcohol motifs (C(OH)–C–C–N with tert-alkyl or cyclic N) is 1. The summed E-state index contributed by atoms with van der Waals surface area (Å²) in [7, 11) is 4.60. The van der Waals surface area contributed by atoms with Gasteiger partial charge in [-0.05, 0) is 24.0 Å². The molecule has 1 saturated heterocycles. The first-order valence-corrected chi connectivity index (χ1v) is 12.4. The monoisotopic (exact) mass is 496 g/mol. The van der Waals surface area contributed by atoms with Crippen molar-refractivity contribution >= 4 is 5.91 Å². The molecule has 1 amide bonds. The number of methoxy groups -OCH3 is 3. The van der Waals surface area contributed by atoms with Crippen molar-refractivity contribution in [2.24, 2.45) is 11.8 Å². The van der Waals surface area contributed by atoms with Crippen LogP contribution in [0, 0.1) is 11.8 Å². The Morgan fingerprint density at radius 2 is 1.74 bits per heavy atom. The molecule has 1 heterocycles. The smallest absolute Gasteiger partial charge is 0.254 e. The van der Waals surface area contributed by atoms with E-state index in [1.54, 1.807) is 12.1 Å². The Morgan fingerprint density at radius 3 is 2.29 bits per heavy atom. The van der Waals surface area contributed by atoms with E-state index in [-0.39, 0.29) is 17.9 Å². The first kappa shape index (κ1) is 29.2. The molecule has 0 aliphatic carbocycles. The number of aliphatic hydroxyl groups is 1. The molecule has 1 aromatic carbocycles. The second kappa shape index (κ2) is 14.5. The molecule has 2 rings (SSSR count). The van der Waals surface area contributed by atoms with E-state index in [9.17, 15) is 9.90 Å². The van der Waals surface area contributed by atoms with Crippen LogP contribution in [0.3, 0.4) is 0 Å². The summed E-state index contributed by atoms with van der Waals surface area (Å²) >= 11 is 0. The van der Waals surface area contributed by atoms with Gasteiger partial charge in [-0.3, -0.25) is 9.69 Å². The van der Waals surface area contributed by atoms with Crippen molar-refractivity contribution < 1.29 is 33.6 Å². The minimum atomic E-state index is -0.555. The van der Waals surface area contributed by atoms with Crippen LogP contribution in [0.4, 0.5) is 0 Å². The minimum absolute atomic E-state index is 0.124. The van der Waals surface area contributed by atoms with Crippen LogP contribution >= 0.6 is 0 Å². The zero-order valence-electron chi connectivity index (χ0n) is 22.4. The summed E-state index contributed by atoms with van der Waals surface area (Å²) < 4.78 is 27.8. The maximum atomic E-state index is 13.6. The van der Waals surface area contributed by atoms with Crippen molar-refractivity contribution in [2.75, 3.05) is 73.9 Å². The fraction of sp³-hybridized carbons (Fsp3) is 0.731. The van der Waals surface area contributed by atoms with E-state index in [1.165, 1.54) is 21.3 Å². The standard InChI is InChI=1S/C26H44N2O7/c1-18(2)12-28(26(30)20-10-23(31-5)25(33-7)24(11-20)32-6)15-22-14-27(8-9-35-22)13-21(29)17-34-16-19(3)4/h10-11,18-19,21-22,29H,8-9,12-17H2,1-7H3/t21-,22+/m1/s1. The molecule has 9 nitrogen and oxygen atoms in total. The minimum Gasteiger partial charge on any atom is -0.493 e. The average Bonchev–Trinajstić information content (AvgIpc) is 2.81. The number of ether oxygens (including phenoxy) is 5. The van der Waals surface area contributed by atoms with Crippen LogP contribution in [0.25, 0.3) is 0 Å². The van der Waals surface area contributed by atoms with Gasteiger partial charge < -0.3 is 33.7 Å². The number of morpholine rings is 1. The third-order valence-corrected chi connectivity index (χ3v) is 5.66. The lowest BCUT2D eigenvalue weighted by atomic mass is 10.1. The number of hydrogen-bond acceptors (Lipinski definition) is 8. The van der Waals surface area contributed by atoms with Gasteiger partial charge in [0.25, 0.3) is 5.91 Å². The molecule has 0 radical (unpaired) electrons. The summed E-state index contributed by atoms with van der Waals surface area (Å²) in [6, 6.07) is 3.36. The highest BCUT2D eigenvalue weighted by Gasteiger charge is 2.28. The van der Waals surface area contributed by atoms with Crippen LogP contribution in [-0.2, 0) is 9.47 Å². The van der Waals surface area contributed by atoms with E-state index < -0.39 is 6.10 Å². The molecule has 0 bridgehead atoms. The zero-order chi connectivity index (χ0) is 26.0. The molecular formula is C26H44N2O7. The lowest BCUT2D eigenvalue weighted by molar-refractivity contribution is -0.0602. The fourth-order valence-corrected chi connectivity index (χ4v) is 4.16. The molecule has 200 valence electrons. The molecule has 9 heteroatoms. The molecule has 1 N–H and O–H groups in total. The summed E-state index contributed by atoms with van der Waals surface area (Å²) in [6.07, 6.45) is -0.711. The third kappa shape index (κ3) is 9.14. The van der Waals surface area contributed by atoms with E-state index in [4.69, 9.17) is 23.7 Å². The molecule has 1 aliphatic heterocycles. The van der Waals surface area contributed by atoms with E-state index in [0.29, 0.717) is 74.7 Å². The quantitative estimate of drug-likeness (QED) is 0.420. The van der Waals surface area contributed by atoms with Crippen molar-refractivity contribution in [3.05, 3.63) is 17.7 Å². The summed E-state index contributed by atoms with van der Waals surface area (Å²) in [5.41, 5.74) is 0.463. The lowest BCUT2D eigenvalue weighted by Gasteiger charge is -2.37. The van der Waals surface area contributed by atoms with Crippen molar-refractivity contribution in [3.8, 4) is 17.2 Å². The first-order valence-electron chi connectivity index (χ1n) is 12.4. The average molecular weight is 497 g/mol. The lowest BCUT2D eigenvalue weighted by Crippen LogP contribution is -2.51. The summed E-state index contributed by atoms with van der Waals surface area (Å²) in [5, 5.41) is 10.4. The summed E-state index contributed by atoms with van der Waals surface area (Å²) in [4.78, 5) is 17.6. The number of amides is 1. The number of rotatable bonds is 14. The highest BCUT2D eigenvalue weighted by Crippen LogP contribution is 2.38. The Balaban J connectivity index is 2.09. The maximum absolute atomic E-state index is 13.6. The largest absolute Gasteiger partial charge is 0.493 e. The molecule has 0 saturated carbocycles. The normalized spacial score (nSPS) is 17.5. The van der Waals surface area contributed by atoms with Gasteiger partial charge in [0.15, 0.2) is 11.5 Å². The number of carbonyl (C=O) groups is 1. The second-order valence-electron chi connectivity index (χ2n) is 9.86. The first-order chi connectivity index (χ1) is 16.7. The van der Waals surface area contributed by atoms with Crippen molar-refractivity contribution in [1.29, 1.82) is 0 Å². The zero-order valence-corrected chi connectivity index (χ0v) is 22.4. The van der Waals surface area contributed by atoms with E-state index in [0.717, 1.165) is 6.54 Å². The van der Waals surface area contributed by atoms with Crippen molar-refractivity contribution in [1.82, 2.24) is 9.80 Å². The Morgan fingerprint density at radius 1 is 1.09 bits per heavy atom. The van der Waals surface area contributed by atoms with Crippen molar-refractivity contribution in [3.63, 3.8) is 0 Å². The predicted molar refractivity (Wildman–Crippen MR) is 135 cm³/mol. The molecule has 0 spiro atoms. The Kier molecular flexibility index (Phi) is 12.1. The summed E-state index contributed by atoms with van der Waals surface area (Å²) in [5.74, 6) is 1.91. The third-order valence-electron chi connectivity index (χ3n) is 5.66. The fourth-order valence-electron chi connectivity index (χ4n) is 4.16. The number of benzene rings is 1. The Hall–Kier alpha value is -2.07. The molecule has 1 aromatic rings. The van der Waals surface area contributed by atoms with Gasteiger partial charge in [0, 0.05) is 44.9 Å². The highest BCUT2D eigenvalue weighted by atomic mass is 16.5. The molecule has 35 heavy (non-hydrogen) atoms. The van der Waals surface area contributed by atoms with E-state index in [2.05, 4.69) is 32.6 Å². The molecule has 0 unspecified atom stereocenters. The number of carbonyl (C=O) groups excluding carboxylic acids is 1. The van der Waals surface area contributed by atoms with Gasteiger partial charge in [0.2, 0.25) is 5.75 Å². The van der Waals surface area contributed by atoms with Crippen LogP contribution in [0.1, 0.15) is 38.1 Å². The number of aliphatic hydroxyl groups excluding tert-OH is 1. The number of hydrogen-bond donors (Lipinski definition) is 1. The molecule has 1 aliphatic rings. The van der Waals surface area contributed by atoms with Crippen LogP contribution < -0.4 is 14.2 Å². The van der Waals surface area contributed by atoms with Gasteiger partial charge in [-0.25, -0.2) is 0 Å². The molecule has 0 aromatic heterocycles. The van der Waals surface area contributed by atoms with Crippen LogP contribution in [0.5, 0.6) is 17.2 Å². The van der Waals surface area contributed by atoms with Crippen LogP contribution in [-0.4, -0.2) is 107 Å². The van der Waals surface area contributed by atoms with Gasteiger partial charge in [0.05, 0.1) is 46.8 Å². The van der Waals surface area contributed by atoms with Gasteiger partial charge in [0.1, 0.15) is 0 Å². The second-order valence-corrected chi connectivity index (χ2v) is 9.86. The highest BCUT2D eigenvalue weighted by molar-refractivity contribution is 5.95. The Labute approximate surface area is 210 Å². The topological polar surface area (TPSA) is 89.9 Å². The van der Waals surface area contributed by atoms with Gasteiger partial charge in [-0.2, -0.15) is 0 Å². The molecule has 1 fully saturated rings. The summed E-state index contributed by atoms with van der Waals surface area (Å²) in [6.45, 7) is 12.8. The van der Waals surface area contributed by atoms with Gasteiger partial charge in [-0.1, -0.05) is 27.7 Å². The van der Waals surface area contributed by atoms with Gasteiger partial charge in [-0.15, -0.1) is 0 Å². The van der Waals surface area contributed by atoms with Crippen LogP contribution in [0.15, 0.2) is 12.1 Å². The van der Waals surface area contributed by atoms with E-state index in [1.807, 2.05) is 4.90 Å². The molecule has 2 atom stereocenters. The number of nitrogens with zero attached hydrogens (tertiary/aromatic N) is 2. The van der Waals surface area contributed by atoms with E-state index >= 15 is 0 Å². The Bertz CT molecular complexity index is 762. The van der Waals surface area contributed by atoms with Gasteiger partial charge >= 0.3 is 0 Å². The van der Waals surface area contributed by atoms with Crippen molar-refractivity contribution in [2.45, 2.75) is 39.9 Å². The predicted octanol–water partition coefficient (Wildman–Crippen LogP) is 2.54.